The first-order valence-electron chi connectivity index (χ1n) is 6.91. The standard InChI is InChI=1S/C14H30N2O2/c1-14(2,3)12(18-4)11-16-13(17)9-7-5-6-8-10-15/h12H,5-11,15H2,1-4H3,(H,16,17). The SMILES string of the molecule is COC(CNC(=O)CCCCCCN)C(C)(C)C. The van der Waals surface area contributed by atoms with Gasteiger partial charge < -0.3 is 15.8 Å². The van der Waals surface area contributed by atoms with E-state index >= 15 is 0 Å². The van der Waals surface area contributed by atoms with Crippen molar-refractivity contribution in [3.63, 3.8) is 0 Å². The summed E-state index contributed by atoms with van der Waals surface area (Å²) in [6.07, 6.45) is 4.85. The highest BCUT2D eigenvalue weighted by Crippen LogP contribution is 2.20. The van der Waals surface area contributed by atoms with Gasteiger partial charge in [-0.15, -0.1) is 0 Å². The molecule has 1 atom stereocenters. The number of hydrogen-bond donors (Lipinski definition) is 2. The van der Waals surface area contributed by atoms with E-state index in [9.17, 15) is 4.79 Å². The number of carbonyl (C=O) groups excluding carboxylic acids is 1. The second kappa shape index (κ2) is 9.34. The molecule has 0 radical (unpaired) electrons. The van der Waals surface area contributed by atoms with E-state index in [1.165, 1.54) is 0 Å². The van der Waals surface area contributed by atoms with Gasteiger partial charge in [-0.25, -0.2) is 0 Å². The van der Waals surface area contributed by atoms with Gasteiger partial charge in [0.15, 0.2) is 0 Å². The molecule has 4 nitrogen and oxygen atoms in total. The van der Waals surface area contributed by atoms with Gasteiger partial charge >= 0.3 is 0 Å². The summed E-state index contributed by atoms with van der Waals surface area (Å²) in [6, 6.07) is 0. The van der Waals surface area contributed by atoms with Crippen molar-refractivity contribution in [2.75, 3.05) is 20.2 Å². The highest BCUT2D eigenvalue weighted by Gasteiger charge is 2.24. The second-order valence-corrected chi connectivity index (χ2v) is 5.85. The second-order valence-electron chi connectivity index (χ2n) is 5.85. The van der Waals surface area contributed by atoms with E-state index in [1.54, 1.807) is 7.11 Å². The normalized spacial score (nSPS) is 13.4. The Balaban J connectivity index is 3.69. The number of ether oxygens (including phenoxy) is 1. The number of amides is 1. The molecule has 0 spiro atoms. The van der Waals surface area contributed by atoms with Crippen molar-refractivity contribution in [1.82, 2.24) is 5.32 Å². The van der Waals surface area contributed by atoms with Crippen LogP contribution in [0.15, 0.2) is 0 Å². The van der Waals surface area contributed by atoms with Crippen molar-refractivity contribution >= 4 is 5.91 Å². The topological polar surface area (TPSA) is 64.3 Å². The lowest BCUT2D eigenvalue weighted by Crippen LogP contribution is -2.40. The van der Waals surface area contributed by atoms with Gasteiger partial charge in [-0.2, -0.15) is 0 Å². The molecule has 0 saturated heterocycles. The van der Waals surface area contributed by atoms with E-state index in [0.717, 1.165) is 32.2 Å². The van der Waals surface area contributed by atoms with Gasteiger partial charge in [0.1, 0.15) is 0 Å². The lowest BCUT2D eigenvalue weighted by atomic mass is 9.89. The van der Waals surface area contributed by atoms with Crippen molar-refractivity contribution in [3.05, 3.63) is 0 Å². The third-order valence-electron chi connectivity index (χ3n) is 3.09. The van der Waals surface area contributed by atoms with E-state index in [-0.39, 0.29) is 17.4 Å². The molecule has 0 aromatic rings. The van der Waals surface area contributed by atoms with Gasteiger partial charge in [-0.05, 0) is 24.8 Å². The molecule has 108 valence electrons. The molecule has 0 saturated carbocycles. The van der Waals surface area contributed by atoms with Gasteiger partial charge in [0.2, 0.25) is 5.91 Å². The number of hydrogen-bond acceptors (Lipinski definition) is 3. The van der Waals surface area contributed by atoms with E-state index in [2.05, 4.69) is 26.1 Å². The summed E-state index contributed by atoms with van der Waals surface area (Å²) in [5.41, 5.74) is 5.46. The van der Waals surface area contributed by atoms with Crippen LogP contribution in [0.25, 0.3) is 0 Å². The van der Waals surface area contributed by atoms with Gasteiger partial charge in [0.05, 0.1) is 6.10 Å². The zero-order valence-corrected chi connectivity index (χ0v) is 12.4. The fourth-order valence-corrected chi connectivity index (χ4v) is 1.82. The molecule has 0 aromatic heterocycles. The Morgan fingerprint density at radius 3 is 2.33 bits per heavy atom. The number of methoxy groups -OCH3 is 1. The van der Waals surface area contributed by atoms with Gasteiger partial charge in [0, 0.05) is 20.1 Å². The maximum Gasteiger partial charge on any atom is 0.220 e. The number of nitrogens with two attached hydrogens (primary N) is 1. The molecule has 0 aliphatic heterocycles. The Labute approximate surface area is 112 Å². The minimum Gasteiger partial charge on any atom is -0.379 e. The van der Waals surface area contributed by atoms with Crippen molar-refractivity contribution in [2.24, 2.45) is 11.1 Å². The molecule has 4 heteroatoms. The molecule has 0 rings (SSSR count). The molecule has 0 aliphatic carbocycles. The summed E-state index contributed by atoms with van der Waals surface area (Å²) < 4.78 is 5.39. The average molecular weight is 258 g/mol. The summed E-state index contributed by atoms with van der Waals surface area (Å²) in [5, 5.41) is 2.94. The Morgan fingerprint density at radius 1 is 1.22 bits per heavy atom. The molecule has 18 heavy (non-hydrogen) atoms. The van der Waals surface area contributed by atoms with E-state index in [1.807, 2.05) is 0 Å². The summed E-state index contributed by atoms with van der Waals surface area (Å²) >= 11 is 0. The molecule has 1 amide bonds. The minimum absolute atomic E-state index is 0.0448. The summed E-state index contributed by atoms with van der Waals surface area (Å²) in [6.45, 7) is 7.66. The van der Waals surface area contributed by atoms with Crippen LogP contribution >= 0.6 is 0 Å². The maximum absolute atomic E-state index is 11.6. The van der Waals surface area contributed by atoms with Gasteiger partial charge in [0.25, 0.3) is 0 Å². The molecule has 0 bridgehead atoms. The number of carbonyl (C=O) groups is 1. The number of nitrogens with one attached hydrogen (secondary N) is 1. The van der Waals surface area contributed by atoms with Gasteiger partial charge in [-0.1, -0.05) is 33.6 Å². The largest absolute Gasteiger partial charge is 0.379 e. The Hall–Kier alpha value is -0.610. The van der Waals surface area contributed by atoms with Crippen LogP contribution in [0.2, 0.25) is 0 Å². The van der Waals surface area contributed by atoms with Crippen LogP contribution in [0.4, 0.5) is 0 Å². The lowest BCUT2D eigenvalue weighted by molar-refractivity contribution is -0.122. The van der Waals surface area contributed by atoms with Crippen molar-refractivity contribution in [2.45, 2.75) is 59.0 Å². The molecular weight excluding hydrogens is 228 g/mol. The smallest absolute Gasteiger partial charge is 0.220 e. The first kappa shape index (κ1) is 17.4. The first-order valence-corrected chi connectivity index (χ1v) is 6.91. The Kier molecular flexibility index (Phi) is 9.02. The molecule has 0 fully saturated rings. The quantitative estimate of drug-likeness (QED) is 0.622. The van der Waals surface area contributed by atoms with Crippen molar-refractivity contribution < 1.29 is 9.53 Å². The zero-order valence-electron chi connectivity index (χ0n) is 12.4. The maximum atomic E-state index is 11.6. The van der Waals surface area contributed by atoms with E-state index < -0.39 is 0 Å². The fraction of sp³-hybridized carbons (Fsp3) is 0.929. The predicted molar refractivity (Wildman–Crippen MR) is 75.4 cm³/mol. The van der Waals surface area contributed by atoms with E-state index in [4.69, 9.17) is 10.5 Å². The average Bonchev–Trinajstić information content (AvgIpc) is 2.27. The molecular formula is C14H30N2O2. The number of unbranched alkanes of at least 4 members (excludes halogenated alkanes) is 3. The van der Waals surface area contributed by atoms with Crippen LogP contribution in [0.1, 0.15) is 52.9 Å². The summed E-state index contributed by atoms with van der Waals surface area (Å²) in [4.78, 5) is 11.6. The van der Waals surface area contributed by atoms with Crippen LogP contribution in [0, 0.1) is 5.41 Å². The van der Waals surface area contributed by atoms with Crippen molar-refractivity contribution in [1.29, 1.82) is 0 Å². The highest BCUT2D eigenvalue weighted by molar-refractivity contribution is 5.75. The van der Waals surface area contributed by atoms with Crippen molar-refractivity contribution in [3.8, 4) is 0 Å². The molecule has 3 N–H and O–H groups in total. The van der Waals surface area contributed by atoms with Crippen LogP contribution in [0.5, 0.6) is 0 Å². The third-order valence-corrected chi connectivity index (χ3v) is 3.09. The van der Waals surface area contributed by atoms with Gasteiger partial charge in [-0.3, -0.25) is 4.79 Å². The molecule has 0 aliphatic rings. The number of rotatable bonds is 9. The Bertz CT molecular complexity index is 224. The first-order chi connectivity index (χ1) is 8.41. The van der Waals surface area contributed by atoms with E-state index in [0.29, 0.717) is 13.0 Å². The summed E-state index contributed by atoms with van der Waals surface area (Å²) in [5.74, 6) is 0.119. The predicted octanol–water partition coefficient (Wildman–Crippen LogP) is 2.07. The van der Waals surface area contributed by atoms with Crippen LogP contribution in [-0.4, -0.2) is 32.2 Å². The van der Waals surface area contributed by atoms with Crippen LogP contribution in [-0.2, 0) is 9.53 Å². The lowest BCUT2D eigenvalue weighted by Gasteiger charge is -2.29. The third kappa shape index (κ3) is 8.48. The zero-order chi connectivity index (χ0) is 14.0. The fourth-order valence-electron chi connectivity index (χ4n) is 1.82. The molecule has 0 aromatic carbocycles. The molecule has 1 unspecified atom stereocenters. The minimum atomic E-state index is 0.0448. The summed E-state index contributed by atoms with van der Waals surface area (Å²) in [7, 11) is 1.69. The highest BCUT2D eigenvalue weighted by atomic mass is 16.5. The van der Waals surface area contributed by atoms with Crippen LogP contribution < -0.4 is 11.1 Å². The monoisotopic (exact) mass is 258 g/mol. The molecule has 0 heterocycles. The Morgan fingerprint density at radius 2 is 1.83 bits per heavy atom. The van der Waals surface area contributed by atoms with Crippen LogP contribution in [0.3, 0.4) is 0 Å².